The minimum absolute atomic E-state index is 0.122. The number of primary amides is 1. The molecular weight excluding hydrogens is 340 g/mol. The second-order valence-electron chi connectivity index (χ2n) is 5.68. The summed E-state index contributed by atoms with van der Waals surface area (Å²) in [6, 6.07) is 6.25. The average Bonchev–Trinajstić information content (AvgIpc) is 2.59. The Labute approximate surface area is 150 Å². The summed E-state index contributed by atoms with van der Waals surface area (Å²) in [6.07, 6.45) is 0. The normalized spacial score (nSPS) is 10.2. The molecule has 0 bridgehead atoms. The first-order chi connectivity index (χ1) is 12.3. The van der Waals surface area contributed by atoms with Crippen LogP contribution in [0.2, 0.25) is 0 Å². The van der Waals surface area contributed by atoms with Gasteiger partial charge in [-0.3, -0.25) is 4.79 Å². The molecule has 10 nitrogen and oxygen atoms in total. The summed E-state index contributed by atoms with van der Waals surface area (Å²) >= 11 is 0. The van der Waals surface area contributed by atoms with Crippen LogP contribution in [-0.4, -0.2) is 61.6 Å². The van der Waals surface area contributed by atoms with E-state index >= 15 is 0 Å². The Morgan fingerprint density at radius 2 is 1.50 bits per heavy atom. The van der Waals surface area contributed by atoms with Crippen molar-refractivity contribution < 1.29 is 19.1 Å². The second-order valence-corrected chi connectivity index (χ2v) is 5.68. The van der Waals surface area contributed by atoms with Gasteiger partial charge in [0.1, 0.15) is 5.75 Å². The number of hydrogen-bond donors (Lipinski definition) is 1. The van der Waals surface area contributed by atoms with Crippen molar-refractivity contribution in [3.05, 3.63) is 29.8 Å². The molecule has 10 heteroatoms. The lowest BCUT2D eigenvalue weighted by Gasteiger charge is -2.16. The number of amides is 1. The van der Waals surface area contributed by atoms with Crippen molar-refractivity contribution in [3.63, 3.8) is 0 Å². The highest BCUT2D eigenvalue weighted by Gasteiger charge is 2.13. The van der Waals surface area contributed by atoms with Gasteiger partial charge in [0, 0.05) is 28.2 Å². The molecule has 26 heavy (non-hydrogen) atoms. The molecule has 1 aromatic heterocycles. The molecule has 0 unspecified atom stereocenters. The minimum atomic E-state index is -0.721. The molecule has 2 N–H and O–H groups in total. The van der Waals surface area contributed by atoms with Crippen molar-refractivity contribution in [2.75, 3.05) is 44.6 Å². The minimum Gasteiger partial charge on any atom is -0.452 e. The van der Waals surface area contributed by atoms with Crippen LogP contribution in [0.15, 0.2) is 24.3 Å². The molecule has 2 rings (SSSR count). The van der Waals surface area contributed by atoms with Crippen LogP contribution >= 0.6 is 0 Å². The lowest BCUT2D eigenvalue weighted by atomic mass is 10.2. The van der Waals surface area contributed by atoms with Gasteiger partial charge in [0.05, 0.1) is 5.56 Å². The zero-order valence-corrected chi connectivity index (χ0v) is 15.0. The van der Waals surface area contributed by atoms with E-state index in [0.29, 0.717) is 17.6 Å². The van der Waals surface area contributed by atoms with Crippen LogP contribution in [0.4, 0.5) is 11.9 Å². The van der Waals surface area contributed by atoms with Crippen LogP contribution in [0.1, 0.15) is 10.4 Å². The number of ether oxygens (including phenoxy) is 2. The van der Waals surface area contributed by atoms with Crippen LogP contribution in [0, 0.1) is 0 Å². The van der Waals surface area contributed by atoms with Gasteiger partial charge in [0.2, 0.25) is 11.9 Å². The van der Waals surface area contributed by atoms with Crippen molar-refractivity contribution in [3.8, 4) is 11.8 Å². The SMILES string of the molecule is CN(C)c1nc(Oc2ccc(C(=O)OCC(N)=O)cc2)nc(N(C)C)n1. The van der Waals surface area contributed by atoms with Crippen LogP contribution in [0.25, 0.3) is 0 Å². The molecule has 1 amide bonds. The van der Waals surface area contributed by atoms with E-state index < -0.39 is 18.5 Å². The molecule has 1 aromatic carbocycles. The van der Waals surface area contributed by atoms with Crippen LogP contribution in [0.3, 0.4) is 0 Å². The Balaban J connectivity index is 2.16. The molecule has 0 aliphatic rings. The summed E-state index contributed by atoms with van der Waals surface area (Å²) in [6.45, 7) is -0.470. The number of anilines is 2. The summed E-state index contributed by atoms with van der Waals surface area (Å²) in [5.74, 6) is -0.0467. The van der Waals surface area contributed by atoms with Gasteiger partial charge in [-0.2, -0.15) is 15.0 Å². The maximum atomic E-state index is 11.7. The molecule has 0 saturated heterocycles. The number of carbonyl (C=O) groups is 2. The third-order valence-electron chi connectivity index (χ3n) is 3.04. The highest BCUT2D eigenvalue weighted by atomic mass is 16.5. The Bertz CT molecular complexity index is 766. The van der Waals surface area contributed by atoms with Crippen molar-refractivity contribution in [1.82, 2.24) is 15.0 Å². The van der Waals surface area contributed by atoms with Crippen LogP contribution < -0.4 is 20.3 Å². The molecule has 0 radical (unpaired) electrons. The molecular formula is C16H20N6O4. The zero-order valence-electron chi connectivity index (χ0n) is 15.0. The van der Waals surface area contributed by atoms with Gasteiger partial charge < -0.3 is 25.0 Å². The maximum Gasteiger partial charge on any atom is 0.338 e. The average molecular weight is 360 g/mol. The van der Waals surface area contributed by atoms with E-state index in [9.17, 15) is 9.59 Å². The van der Waals surface area contributed by atoms with Crippen molar-refractivity contribution in [1.29, 1.82) is 0 Å². The predicted octanol–water partition coefficient (Wildman–Crippen LogP) is 0.438. The zero-order chi connectivity index (χ0) is 19.3. The van der Waals surface area contributed by atoms with E-state index in [2.05, 4.69) is 15.0 Å². The summed E-state index contributed by atoms with van der Waals surface area (Å²) in [4.78, 5) is 38.6. The van der Waals surface area contributed by atoms with Gasteiger partial charge in [-0.05, 0) is 24.3 Å². The summed E-state index contributed by atoms with van der Waals surface area (Å²) in [7, 11) is 7.24. The Morgan fingerprint density at radius 1 is 0.962 bits per heavy atom. The Morgan fingerprint density at radius 3 is 1.96 bits per heavy atom. The monoisotopic (exact) mass is 360 g/mol. The van der Waals surface area contributed by atoms with Gasteiger partial charge in [0.15, 0.2) is 6.61 Å². The summed E-state index contributed by atoms with van der Waals surface area (Å²) in [5, 5.41) is 0. The number of nitrogens with two attached hydrogens (primary N) is 1. The van der Waals surface area contributed by atoms with E-state index in [4.69, 9.17) is 15.2 Å². The number of benzene rings is 1. The molecule has 0 atom stereocenters. The largest absolute Gasteiger partial charge is 0.452 e. The van der Waals surface area contributed by atoms with E-state index in [-0.39, 0.29) is 11.6 Å². The fourth-order valence-corrected chi connectivity index (χ4v) is 1.77. The summed E-state index contributed by atoms with van der Waals surface area (Å²) in [5.41, 5.74) is 5.19. The predicted molar refractivity (Wildman–Crippen MR) is 94.5 cm³/mol. The molecule has 0 aliphatic carbocycles. The van der Waals surface area contributed by atoms with E-state index in [1.165, 1.54) is 12.1 Å². The number of nitrogens with zero attached hydrogens (tertiary/aromatic N) is 5. The van der Waals surface area contributed by atoms with Gasteiger partial charge in [-0.15, -0.1) is 0 Å². The van der Waals surface area contributed by atoms with Gasteiger partial charge in [0.25, 0.3) is 5.91 Å². The highest BCUT2D eigenvalue weighted by molar-refractivity contribution is 5.91. The van der Waals surface area contributed by atoms with E-state index in [0.717, 1.165) is 0 Å². The van der Waals surface area contributed by atoms with Crippen molar-refractivity contribution in [2.45, 2.75) is 0 Å². The maximum absolute atomic E-state index is 11.7. The molecule has 138 valence electrons. The number of aromatic nitrogens is 3. The first-order valence-electron chi connectivity index (χ1n) is 7.60. The molecule has 0 saturated carbocycles. The second kappa shape index (κ2) is 8.10. The van der Waals surface area contributed by atoms with Crippen molar-refractivity contribution in [2.24, 2.45) is 5.73 Å². The summed E-state index contributed by atoms with van der Waals surface area (Å²) < 4.78 is 10.4. The fourth-order valence-electron chi connectivity index (χ4n) is 1.77. The number of hydrogen-bond acceptors (Lipinski definition) is 9. The van der Waals surface area contributed by atoms with Crippen molar-refractivity contribution >= 4 is 23.8 Å². The molecule has 0 spiro atoms. The van der Waals surface area contributed by atoms with Crippen LogP contribution in [0.5, 0.6) is 11.8 Å². The number of esters is 1. The molecule has 0 fully saturated rings. The number of rotatable bonds is 7. The highest BCUT2D eigenvalue weighted by Crippen LogP contribution is 2.22. The smallest absolute Gasteiger partial charge is 0.338 e. The lowest BCUT2D eigenvalue weighted by molar-refractivity contribution is -0.121. The van der Waals surface area contributed by atoms with Gasteiger partial charge >= 0.3 is 12.0 Å². The molecule has 1 heterocycles. The molecule has 0 aliphatic heterocycles. The quantitative estimate of drug-likeness (QED) is 0.700. The fraction of sp³-hybridized carbons (Fsp3) is 0.312. The molecule has 2 aromatic rings. The van der Waals surface area contributed by atoms with Gasteiger partial charge in [-0.25, -0.2) is 4.79 Å². The first-order valence-corrected chi connectivity index (χ1v) is 7.60. The van der Waals surface area contributed by atoms with Crippen LogP contribution in [-0.2, 0) is 9.53 Å². The Hall–Kier alpha value is -3.43. The van der Waals surface area contributed by atoms with Gasteiger partial charge in [-0.1, -0.05) is 0 Å². The Kier molecular flexibility index (Phi) is 5.89. The van der Waals surface area contributed by atoms with E-state index in [1.54, 1.807) is 21.9 Å². The lowest BCUT2D eigenvalue weighted by Crippen LogP contribution is -2.20. The third kappa shape index (κ3) is 5.03. The first kappa shape index (κ1) is 18.9. The standard InChI is InChI=1S/C16H20N6O4/c1-21(2)14-18-15(22(3)4)20-16(19-14)26-11-7-5-10(6-8-11)13(24)25-9-12(17)23/h5-8H,9H2,1-4H3,(H2,17,23). The third-order valence-corrected chi connectivity index (χ3v) is 3.04. The number of carbonyl (C=O) groups excluding carboxylic acids is 2. The van der Waals surface area contributed by atoms with E-state index in [1.807, 2.05) is 28.2 Å². The topological polar surface area (TPSA) is 124 Å².